The molecular weight excluding hydrogens is 434 g/mol. The van der Waals surface area contributed by atoms with E-state index >= 15 is 0 Å². The van der Waals surface area contributed by atoms with E-state index in [4.69, 9.17) is 0 Å². The van der Waals surface area contributed by atoms with Gasteiger partial charge in [0.05, 0.1) is 16.8 Å². The van der Waals surface area contributed by atoms with Crippen LogP contribution < -0.4 is 4.90 Å². The van der Waals surface area contributed by atoms with Gasteiger partial charge in [-0.1, -0.05) is 115 Å². The van der Waals surface area contributed by atoms with Crippen molar-refractivity contribution in [3.8, 4) is 22.3 Å². The molecular formula is C35H33N. The quantitative estimate of drug-likeness (QED) is 0.255. The van der Waals surface area contributed by atoms with Crippen molar-refractivity contribution >= 4 is 16.5 Å². The normalized spacial score (nSPS) is 15.8. The largest absolute Gasteiger partial charge is 0.352 e. The predicted molar refractivity (Wildman–Crippen MR) is 155 cm³/mol. The highest BCUT2D eigenvalue weighted by atomic mass is 15.3. The fourth-order valence-electron chi connectivity index (χ4n) is 6.55. The van der Waals surface area contributed by atoms with Crippen molar-refractivity contribution in [2.45, 2.75) is 45.7 Å². The Morgan fingerprint density at radius 3 is 1.64 bits per heavy atom. The maximum absolute atomic E-state index is 2.70. The number of anilines is 1. The van der Waals surface area contributed by atoms with E-state index in [9.17, 15) is 0 Å². The maximum atomic E-state index is 2.70. The van der Waals surface area contributed by atoms with Crippen LogP contribution in [0.15, 0.2) is 109 Å². The van der Waals surface area contributed by atoms with Gasteiger partial charge in [0.1, 0.15) is 0 Å². The molecule has 0 N–H and O–H groups in total. The lowest BCUT2D eigenvalue weighted by Crippen LogP contribution is -2.55. The standard InChI is InChI=1S/C35H33N/c1-24-22-27-18-12-21-30-32(27)31(23-24)35(4,5)36(34(30,2)3)33-28(25-14-8-6-9-15-25)19-13-20-29(33)26-16-10-7-11-17-26/h6-23H,1-5H3. The first kappa shape index (κ1) is 22.6. The Bertz CT molecular complexity index is 1520. The van der Waals surface area contributed by atoms with Crippen molar-refractivity contribution in [3.63, 3.8) is 0 Å². The molecule has 1 heterocycles. The number of nitrogens with zero attached hydrogens (tertiary/aromatic N) is 1. The van der Waals surface area contributed by atoms with Crippen molar-refractivity contribution in [1.82, 2.24) is 0 Å². The minimum absolute atomic E-state index is 0.236. The molecule has 0 spiro atoms. The summed E-state index contributed by atoms with van der Waals surface area (Å²) in [5, 5.41) is 2.75. The smallest absolute Gasteiger partial charge is 0.0613 e. The molecule has 0 fully saturated rings. The fourth-order valence-corrected chi connectivity index (χ4v) is 6.55. The molecule has 1 heteroatoms. The number of aryl methyl sites for hydroxylation is 1. The Kier molecular flexibility index (Phi) is 5.09. The van der Waals surface area contributed by atoms with Crippen LogP contribution in [0.25, 0.3) is 33.0 Å². The molecule has 6 rings (SSSR count). The van der Waals surface area contributed by atoms with Crippen molar-refractivity contribution in [3.05, 3.63) is 126 Å². The molecule has 1 aliphatic heterocycles. The molecule has 178 valence electrons. The average Bonchev–Trinajstić information content (AvgIpc) is 2.88. The van der Waals surface area contributed by atoms with E-state index in [2.05, 4.69) is 149 Å². The van der Waals surface area contributed by atoms with E-state index in [1.165, 1.54) is 55.4 Å². The Morgan fingerprint density at radius 1 is 0.528 bits per heavy atom. The van der Waals surface area contributed by atoms with Crippen LogP contribution in [0.2, 0.25) is 0 Å². The summed E-state index contributed by atoms with van der Waals surface area (Å²) in [6.07, 6.45) is 0. The van der Waals surface area contributed by atoms with Gasteiger partial charge >= 0.3 is 0 Å². The second-order valence-electron chi connectivity index (χ2n) is 11.1. The zero-order chi connectivity index (χ0) is 25.1. The van der Waals surface area contributed by atoms with Gasteiger partial charge in [-0.15, -0.1) is 0 Å². The minimum atomic E-state index is -0.240. The third-order valence-electron chi connectivity index (χ3n) is 7.99. The molecule has 0 unspecified atom stereocenters. The monoisotopic (exact) mass is 467 g/mol. The van der Waals surface area contributed by atoms with Gasteiger partial charge in [0, 0.05) is 11.1 Å². The zero-order valence-corrected chi connectivity index (χ0v) is 21.8. The van der Waals surface area contributed by atoms with Gasteiger partial charge in [0.15, 0.2) is 0 Å². The van der Waals surface area contributed by atoms with Gasteiger partial charge < -0.3 is 4.90 Å². The van der Waals surface area contributed by atoms with Crippen LogP contribution in [0.3, 0.4) is 0 Å². The van der Waals surface area contributed by atoms with Gasteiger partial charge in [-0.2, -0.15) is 0 Å². The summed E-state index contributed by atoms with van der Waals surface area (Å²) >= 11 is 0. The molecule has 0 saturated heterocycles. The third-order valence-corrected chi connectivity index (χ3v) is 7.99. The first-order chi connectivity index (χ1) is 17.3. The van der Waals surface area contributed by atoms with Gasteiger partial charge in [0.2, 0.25) is 0 Å². The van der Waals surface area contributed by atoms with Crippen molar-refractivity contribution in [1.29, 1.82) is 0 Å². The molecule has 0 atom stereocenters. The Hall–Kier alpha value is -3.84. The Balaban J connectivity index is 1.73. The van der Waals surface area contributed by atoms with Crippen LogP contribution >= 0.6 is 0 Å². The molecule has 0 amide bonds. The predicted octanol–water partition coefficient (Wildman–Crippen LogP) is 9.47. The summed E-state index contributed by atoms with van der Waals surface area (Å²) in [7, 11) is 0. The van der Waals surface area contributed by atoms with Crippen LogP contribution in [-0.4, -0.2) is 0 Å². The Labute approximate surface area is 215 Å². The number of hydrogen-bond donors (Lipinski definition) is 0. The summed E-state index contributed by atoms with van der Waals surface area (Å²) in [6, 6.07) is 40.0. The highest BCUT2D eigenvalue weighted by Crippen LogP contribution is 2.55. The van der Waals surface area contributed by atoms with E-state index in [-0.39, 0.29) is 11.1 Å². The van der Waals surface area contributed by atoms with Crippen molar-refractivity contribution < 1.29 is 0 Å². The van der Waals surface area contributed by atoms with Gasteiger partial charge in [-0.25, -0.2) is 0 Å². The van der Waals surface area contributed by atoms with Crippen molar-refractivity contribution in [2.24, 2.45) is 0 Å². The number of para-hydroxylation sites is 1. The highest BCUT2D eigenvalue weighted by molar-refractivity contribution is 5.97. The van der Waals surface area contributed by atoms with E-state index < -0.39 is 0 Å². The minimum Gasteiger partial charge on any atom is -0.352 e. The lowest BCUT2D eigenvalue weighted by Gasteiger charge is -2.56. The van der Waals surface area contributed by atoms with Crippen LogP contribution in [-0.2, 0) is 11.1 Å². The number of rotatable bonds is 3. The second-order valence-corrected chi connectivity index (χ2v) is 11.1. The summed E-state index contributed by atoms with van der Waals surface area (Å²) in [5.74, 6) is 0. The van der Waals surface area contributed by atoms with Crippen LogP contribution in [0, 0.1) is 6.92 Å². The molecule has 1 nitrogen and oxygen atoms in total. The fraction of sp³-hybridized carbons (Fsp3) is 0.200. The first-order valence-electron chi connectivity index (χ1n) is 12.9. The molecule has 0 radical (unpaired) electrons. The van der Waals surface area contributed by atoms with Crippen molar-refractivity contribution in [2.75, 3.05) is 4.90 Å². The molecule has 0 saturated carbocycles. The zero-order valence-electron chi connectivity index (χ0n) is 21.8. The summed E-state index contributed by atoms with van der Waals surface area (Å²) in [4.78, 5) is 2.70. The Morgan fingerprint density at radius 2 is 1.06 bits per heavy atom. The molecule has 0 bridgehead atoms. The molecule has 0 aromatic heterocycles. The van der Waals surface area contributed by atoms with Gasteiger partial charge in [-0.05, 0) is 67.6 Å². The molecule has 5 aromatic rings. The van der Waals surface area contributed by atoms with Crippen LogP contribution in [0.5, 0.6) is 0 Å². The summed E-state index contributed by atoms with van der Waals surface area (Å²) in [5.41, 5.74) is 9.91. The lowest BCUT2D eigenvalue weighted by molar-refractivity contribution is 0.343. The van der Waals surface area contributed by atoms with Gasteiger partial charge in [0.25, 0.3) is 0 Å². The van der Waals surface area contributed by atoms with Crippen LogP contribution in [0.1, 0.15) is 44.4 Å². The van der Waals surface area contributed by atoms with Crippen LogP contribution in [0.4, 0.5) is 5.69 Å². The third kappa shape index (κ3) is 3.30. The molecule has 0 aliphatic carbocycles. The second kappa shape index (κ2) is 8.10. The lowest BCUT2D eigenvalue weighted by atomic mass is 9.72. The van der Waals surface area contributed by atoms with E-state index in [1.54, 1.807) is 0 Å². The number of benzene rings is 5. The topological polar surface area (TPSA) is 3.24 Å². The van der Waals surface area contributed by atoms with E-state index in [0.717, 1.165) is 0 Å². The highest BCUT2D eigenvalue weighted by Gasteiger charge is 2.47. The summed E-state index contributed by atoms with van der Waals surface area (Å²) < 4.78 is 0. The van der Waals surface area contributed by atoms with E-state index in [1.807, 2.05) is 0 Å². The first-order valence-corrected chi connectivity index (χ1v) is 12.9. The number of hydrogen-bond acceptors (Lipinski definition) is 1. The molecule has 5 aromatic carbocycles. The maximum Gasteiger partial charge on any atom is 0.0613 e. The SMILES string of the molecule is Cc1cc2c3c(cccc3c1)C(C)(C)N(c1c(-c3ccccc3)cccc1-c1ccccc1)C2(C)C. The average molecular weight is 468 g/mol. The summed E-state index contributed by atoms with van der Waals surface area (Å²) in [6.45, 7) is 11.8. The molecule has 1 aliphatic rings. The van der Waals surface area contributed by atoms with Gasteiger partial charge in [-0.3, -0.25) is 0 Å². The van der Waals surface area contributed by atoms with E-state index in [0.29, 0.717) is 0 Å². The molecule has 36 heavy (non-hydrogen) atoms.